The van der Waals surface area contributed by atoms with Crippen LogP contribution in [0.5, 0.6) is 0 Å². The van der Waals surface area contributed by atoms with E-state index in [2.05, 4.69) is 21.2 Å². The Hall–Kier alpha value is -3.95. The van der Waals surface area contributed by atoms with Gasteiger partial charge in [0.25, 0.3) is 10.0 Å². The van der Waals surface area contributed by atoms with E-state index < -0.39 is 28.5 Å². The van der Waals surface area contributed by atoms with Crippen molar-refractivity contribution in [2.45, 2.75) is 51.6 Å². The molecule has 0 aliphatic rings. The normalized spacial score (nSPS) is 12.0. The topological polar surface area (TPSA) is 86.8 Å². The molecule has 0 aliphatic heterocycles. The molecule has 9 heteroatoms. The van der Waals surface area contributed by atoms with Gasteiger partial charge in [-0.1, -0.05) is 108 Å². The lowest BCUT2D eigenvalue weighted by Crippen LogP contribution is -2.53. The first-order chi connectivity index (χ1) is 21.5. The van der Waals surface area contributed by atoms with E-state index in [9.17, 15) is 18.0 Å². The van der Waals surface area contributed by atoms with Crippen molar-refractivity contribution in [3.63, 3.8) is 0 Å². The molecule has 7 nitrogen and oxygen atoms in total. The Kier molecular flexibility index (Phi) is 11.6. The van der Waals surface area contributed by atoms with Gasteiger partial charge < -0.3 is 10.2 Å². The number of halogens is 1. The summed E-state index contributed by atoms with van der Waals surface area (Å²) in [4.78, 5) is 30.0. The van der Waals surface area contributed by atoms with Crippen molar-refractivity contribution < 1.29 is 18.0 Å². The summed E-state index contributed by atoms with van der Waals surface area (Å²) < 4.78 is 30.4. The molecular weight excluding hydrogens is 650 g/mol. The van der Waals surface area contributed by atoms with E-state index in [1.807, 2.05) is 94.4 Å². The average Bonchev–Trinajstić information content (AvgIpc) is 3.01. The van der Waals surface area contributed by atoms with Crippen molar-refractivity contribution in [1.29, 1.82) is 0 Å². The number of benzene rings is 4. The summed E-state index contributed by atoms with van der Waals surface area (Å²) >= 11 is 3.52. The Labute approximate surface area is 275 Å². The highest BCUT2D eigenvalue weighted by molar-refractivity contribution is 9.10. The van der Waals surface area contributed by atoms with E-state index in [-0.39, 0.29) is 29.7 Å². The minimum atomic E-state index is -4.15. The van der Waals surface area contributed by atoms with Gasteiger partial charge in [-0.2, -0.15) is 0 Å². The van der Waals surface area contributed by atoms with Crippen LogP contribution in [0.1, 0.15) is 36.1 Å². The zero-order valence-corrected chi connectivity index (χ0v) is 28.5. The van der Waals surface area contributed by atoms with Crippen LogP contribution in [0.15, 0.2) is 112 Å². The van der Waals surface area contributed by atoms with Gasteiger partial charge in [-0.15, -0.1) is 0 Å². The molecule has 1 N–H and O–H groups in total. The van der Waals surface area contributed by atoms with Gasteiger partial charge in [-0.25, -0.2) is 8.42 Å². The molecule has 1 unspecified atom stereocenters. The molecule has 0 spiro atoms. The second-order valence-electron chi connectivity index (χ2n) is 11.6. The third kappa shape index (κ3) is 9.05. The molecule has 0 heterocycles. The van der Waals surface area contributed by atoms with Crippen LogP contribution in [0.25, 0.3) is 0 Å². The minimum Gasteiger partial charge on any atom is -0.354 e. The first-order valence-corrected chi connectivity index (χ1v) is 17.2. The van der Waals surface area contributed by atoms with E-state index in [0.717, 1.165) is 25.5 Å². The van der Waals surface area contributed by atoms with Crippen LogP contribution in [-0.4, -0.2) is 44.3 Å². The zero-order chi connectivity index (χ0) is 32.6. The third-order valence-corrected chi connectivity index (χ3v) is 9.74. The van der Waals surface area contributed by atoms with Gasteiger partial charge in [0.2, 0.25) is 11.8 Å². The molecule has 1 atom stereocenters. The summed E-state index contributed by atoms with van der Waals surface area (Å²) in [7, 11) is -4.15. The van der Waals surface area contributed by atoms with Gasteiger partial charge >= 0.3 is 0 Å². The molecule has 0 bridgehead atoms. The van der Waals surface area contributed by atoms with Crippen LogP contribution in [0.4, 0.5) is 5.69 Å². The maximum absolute atomic E-state index is 14.6. The fraction of sp³-hybridized carbons (Fsp3) is 0.278. The average molecular weight is 691 g/mol. The lowest BCUT2D eigenvalue weighted by molar-refractivity contribution is -0.140. The number of hydrogen-bond acceptors (Lipinski definition) is 4. The highest BCUT2D eigenvalue weighted by atomic mass is 79.9. The van der Waals surface area contributed by atoms with Crippen LogP contribution in [0, 0.1) is 19.8 Å². The van der Waals surface area contributed by atoms with Crippen LogP contribution < -0.4 is 9.62 Å². The fourth-order valence-electron chi connectivity index (χ4n) is 5.00. The number of rotatable bonds is 13. The second kappa shape index (κ2) is 15.4. The van der Waals surface area contributed by atoms with E-state index in [4.69, 9.17) is 0 Å². The van der Waals surface area contributed by atoms with Crippen LogP contribution in [0.3, 0.4) is 0 Å². The lowest BCUT2D eigenvalue weighted by atomic mass is 10.0. The number of hydrogen-bond donors (Lipinski definition) is 1. The predicted molar refractivity (Wildman–Crippen MR) is 183 cm³/mol. The van der Waals surface area contributed by atoms with E-state index in [0.29, 0.717) is 17.8 Å². The first kappa shape index (κ1) is 33.9. The molecule has 0 aliphatic carbocycles. The van der Waals surface area contributed by atoms with E-state index >= 15 is 0 Å². The monoisotopic (exact) mass is 689 g/mol. The molecule has 45 heavy (non-hydrogen) atoms. The highest BCUT2D eigenvalue weighted by Gasteiger charge is 2.35. The number of para-hydroxylation sites is 1. The third-order valence-electron chi connectivity index (χ3n) is 7.47. The summed E-state index contributed by atoms with van der Waals surface area (Å²) in [5.74, 6) is -0.578. The quantitative estimate of drug-likeness (QED) is 0.170. The van der Waals surface area contributed by atoms with Gasteiger partial charge in [0, 0.05) is 24.0 Å². The van der Waals surface area contributed by atoms with E-state index in [1.54, 1.807) is 36.4 Å². The maximum Gasteiger partial charge on any atom is 0.264 e. The largest absolute Gasteiger partial charge is 0.354 e. The number of sulfonamides is 1. The second-order valence-corrected chi connectivity index (χ2v) is 14.4. The van der Waals surface area contributed by atoms with Crippen LogP contribution in [-0.2, 0) is 32.6 Å². The smallest absolute Gasteiger partial charge is 0.264 e. The van der Waals surface area contributed by atoms with Crippen molar-refractivity contribution in [1.82, 2.24) is 10.2 Å². The molecular formula is C36H40BrN3O4S. The number of nitrogens with one attached hydrogen (secondary N) is 1. The number of anilines is 1. The summed E-state index contributed by atoms with van der Waals surface area (Å²) in [6.45, 7) is 7.78. The first-order valence-electron chi connectivity index (χ1n) is 15.0. The Morgan fingerprint density at radius 3 is 2.11 bits per heavy atom. The van der Waals surface area contributed by atoms with Gasteiger partial charge in [0.1, 0.15) is 12.6 Å². The molecule has 4 aromatic carbocycles. The molecule has 4 aromatic rings. The summed E-state index contributed by atoms with van der Waals surface area (Å²) in [5, 5.41) is 3.02. The van der Waals surface area contributed by atoms with Crippen molar-refractivity contribution >= 4 is 43.5 Å². The Morgan fingerprint density at radius 1 is 0.822 bits per heavy atom. The minimum absolute atomic E-state index is 0.0817. The van der Waals surface area contributed by atoms with Gasteiger partial charge in [0.15, 0.2) is 0 Å². The Bertz CT molecular complexity index is 1710. The number of carbonyl (C=O) groups excluding carboxylic acids is 2. The molecule has 0 fully saturated rings. The van der Waals surface area contributed by atoms with Crippen molar-refractivity contribution in [2.75, 3.05) is 17.4 Å². The summed E-state index contributed by atoms with van der Waals surface area (Å²) in [6.07, 6.45) is 0.263. The van der Waals surface area contributed by atoms with Gasteiger partial charge in [-0.05, 0) is 66.8 Å². The molecule has 0 radical (unpaired) electrons. The zero-order valence-electron chi connectivity index (χ0n) is 26.1. The number of carbonyl (C=O) groups is 2. The van der Waals surface area contributed by atoms with Gasteiger partial charge in [0.05, 0.1) is 10.6 Å². The molecule has 2 amide bonds. The van der Waals surface area contributed by atoms with Crippen molar-refractivity contribution in [3.05, 3.63) is 130 Å². The van der Waals surface area contributed by atoms with Gasteiger partial charge in [-0.3, -0.25) is 13.9 Å². The molecule has 0 aromatic heterocycles. The van der Waals surface area contributed by atoms with E-state index in [1.165, 1.54) is 4.90 Å². The van der Waals surface area contributed by atoms with Crippen LogP contribution in [0.2, 0.25) is 0 Å². The summed E-state index contributed by atoms with van der Waals surface area (Å²) in [6, 6.07) is 29.9. The maximum atomic E-state index is 14.6. The highest BCUT2D eigenvalue weighted by Crippen LogP contribution is 2.28. The van der Waals surface area contributed by atoms with Crippen molar-refractivity contribution in [2.24, 2.45) is 5.92 Å². The lowest BCUT2D eigenvalue weighted by Gasteiger charge is -2.34. The number of aryl methyl sites for hydroxylation is 2. The number of nitrogens with zero attached hydrogens (tertiary/aromatic N) is 2. The predicted octanol–water partition coefficient (Wildman–Crippen LogP) is 6.67. The molecule has 0 saturated heterocycles. The standard InChI is InChI=1S/C36H40BrN3O4S/c1-26(2)23-38-36(42)34(22-29-12-6-5-7-13-29)39(24-30-14-10-15-31(37)21-30)35(41)25-40(33-16-9-8-11-28(33)4)45(43,44)32-19-17-27(3)18-20-32/h5-21,26,34H,22-25H2,1-4H3,(H,38,42). The number of amides is 2. The van der Waals surface area contributed by atoms with Crippen molar-refractivity contribution in [3.8, 4) is 0 Å². The SMILES string of the molecule is Cc1ccc(S(=O)(=O)N(CC(=O)N(Cc2cccc(Br)c2)C(Cc2ccccc2)C(=O)NCC(C)C)c2ccccc2C)cc1. The fourth-order valence-corrected chi connectivity index (χ4v) is 6.93. The Morgan fingerprint density at radius 2 is 1.47 bits per heavy atom. The summed E-state index contributed by atoms with van der Waals surface area (Å²) in [5.41, 5.74) is 3.71. The Balaban J connectivity index is 1.81. The molecule has 4 rings (SSSR count). The molecule has 0 saturated carbocycles. The molecule has 236 valence electrons. The van der Waals surface area contributed by atoms with Crippen LogP contribution >= 0.6 is 15.9 Å².